The van der Waals surface area contributed by atoms with Crippen molar-refractivity contribution in [3.05, 3.63) is 24.3 Å². The van der Waals surface area contributed by atoms with Gasteiger partial charge in [-0.15, -0.1) is 0 Å². The maximum atomic E-state index is 10.7. The van der Waals surface area contributed by atoms with Crippen molar-refractivity contribution in [2.24, 2.45) is 5.84 Å². The molecule has 0 heterocycles. The Kier molecular flexibility index (Phi) is 3.75. The van der Waals surface area contributed by atoms with E-state index >= 15 is 0 Å². The molecular weight excluding hydrogens is 184 g/mol. The Hall–Kier alpha value is -1.75. The molecule has 3 N–H and O–H groups in total. The monoisotopic (exact) mass is 196 g/mol. The van der Waals surface area contributed by atoms with Crippen molar-refractivity contribution in [3.63, 3.8) is 0 Å². The largest absolute Gasteiger partial charge is 0.497 e. The number of hydrogen-bond donors (Lipinski definition) is 2. The molecule has 0 radical (unpaired) electrons. The van der Waals surface area contributed by atoms with Gasteiger partial charge in [0.25, 0.3) is 5.91 Å². The van der Waals surface area contributed by atoms with Crippen molar-refractivity contribution in [1.29, 1.82) is 0 Å². The molecule has 76 valence electrons. The minimum atomic E-state index is -0.374. The topological polar surface area (TPSA) is 73.6 Å². The number of nitrogens with two attached hydrogens (primary N) is 1. The number of nitrogens with one attached hydrogen (secondary N) is 1. The van der Waals surface area contributed by atoms with E-state index in [2.05, 4.69) is 0 Å². The highest BCUT2D eigenvalue weighted by Crippen LogP contribution is 2.16. The molecule has 0 unspecified atom stereocenters. The van der Waals surface area contributed by atoms with Gasteiger partial charge in [0.15, 0.2) is 6.61 Å². The lowest BCUT2D eigenvalue weighted by molar-refractivity contribution is -0.123. The minimum Gasteiger partial charge on any atom is -0.497 e. The molecule has 0 aliphatic heterocycles. The van der Waals surface area contributed by atoms with Gasteiger partial charge in [-0.1, -0.05) is 0 Å². The number of amides is 1. The summed E-state index contributed by atoms with van der Waals surface area (Å²) < 4.78 is 10.1. The number of hydrazine groups is 1. The van der Waals surface area contributed by atoms with Crippen molar-refractivity contribution >= 4 is 5.91 Å². The average molecular weight is 196 g/mol. The van der Waals surface area contributed by atoms with Crippen LogP contribution in [0, 0.1) is 0 Å². The Morgan fingerprint density at radius 3 is 2.43 bits per heavy atom. The molecule has 1 rings (SSSR count). The second kappa shape index (κ2) is 5.08. The molecule has 0 saturated heterocycles. The highest BCUT2D eigenvalue weighted by atomic mass is 16.5. The first-order valence-corrected chi connectivity index (χ1v) is 4.02. The fraction of sp³-hybridized carbons (Fsp3) is 0.222. The Morgan fingerprint density at radius 2 is 1.93 bits per heavy atom. The predicted octanol–water partition coefficient (Wildman–Crippen LogP) is 0.0639. The smallest absolute Gasteiger partial charge is 0.271 e. The van der Waals surface area contributed by atoms with Gasteiger partial charge in [-0.3, -0.25) is 10.2 Å². The van der Waals surface area contributed by atoms with Gasteiger partial charge < -0.3 is 9.47 Å². The zero-order chi connectivity index (χ0) is 10.4. The number of carbonyl (C=O) groups is 1. The molecule has 0 saturated carbocycles. The minimum absolute atomic E-state index is 0.0944. The summed E-state index contributed by atoms with van der Waals surface area (Å²) in [5, 5.41) is 0. The maximum absolute atomic E-state index is 10.7. The molecule has 1 aromatic rings. The molecule has 5 heteroatoms. The van der Waals surface area contributed by atoms with E-state index in [1.54, 1.807) is 31.4 Å². The number of hydrogen-bond acceptors (Lipinski definition) is 4. The van der Waals surface area contributed by atoms with E-state index in [1.807, 2.05) is 5.43 Å². The van der Waals surface area contributed by atoms with Gasteiger partial charge in [0, 0.05) is 0 Å². The lowest BCUT2D eigenvalue weighted by atomic mass is 10.3. The Balaban J connectivity index is 2.47. The maximum Gasteiger partial charge on any atom is 0.271 e. The summed E-state index contributed by atoms with van der Waals surface area (Å²) in [6, 6.07) is 6.91. The van der Waals surface area contributed by atoms with Crippen molar-refractivity contribution < 1.29 is 14.3 Å². The second-order valence-electron chi connectivity index (χ2n) is 2.53. The van der Waals surface area contributed by atoms with E-state index in [0.717, 1.165) is 5.75 Å². The highest BCUT2D eigenvalue weighted by molar-refractivity contribution is 5.76. The summed E-state index contributed by atoms with van der Waals surface area (Å²) in [7, 11) is 1.58. The number of ether oxygens (including phenoxy) is 2. The number of carbonyl (C=O) groups excluding carboxylic acids is 1. The van der Waals surface area contributed by atoms with Crippen LogP contribution in [0.2, 0.25) is 0 Å². The van der Waals surface area contributed by atoms with Crippen molar-refractivity contribution in [3.8, 4) is 11.5 Å². The van der Waals surface area contributed by atoms with Crippen LogP contribution in [-0.2, 0) is 4.79 Å². The van der Waals surface area contributed by atoms with Gasteiger partial charge in [-0.2, -0.15) is 0 Å². The van der Waals surface area contributed by atoms with Crippen molar-refractivity contribution in [1.82, 2.24) is 5.43 Å². The van der Waals surface area contributed by atoms with E-state index in [4.69, 9.17) is 15.3 Å². The summed E-state index contributed by atoms with van der Waals surface area (Å²) in [4.78, 5) is 10.7. The van der Waals surface area contributed by atoms with Crippen LogP contribution < -0.4 is 20.7 Å². The first-order valence-electron chi connectivity index (χ1n) is 4.02. The Morgan fingerprint density at radius 1 is 1.36 bits per heavy atom. The first-order chi connectivity index (χ1) is 6.76. The molecule has 1 amide bonds. The average Bonchev–Trinajstić information content (AvgIpc) is 2.26. The summed E-state index contributed by atoms with van der Waals surface area (Å²) >= 11 is 0. The number of methoxy groups -OCH3 is 1. The fourth-order valence-corrected chi connectivity index (χ4v) is 0.862. The quantitative estimate of drug-likeness (QED) is 0.406. The van der Waals surface area contributed by atoms with Gasteiger partial charge in [0.1, 0.15) is 11.5 Å². The van der Waals surface area contributed by atoms with Gasteiger partial charge in [0.2, 0.25) is 0 Å². The van der Waals surface area contributed by atoms with Crippen LogP contribution in [0.5, 0.6) is 11.5 Å². The Labute approximate surface area is 81.8 Å². The van der Waals surface area contributed by atoms with Gasteiger partial charge in [0.05, 0.1) is 7.11 Å². The number of rotatable bonds is 4. The highest BCUT2D eigenvalue weighted by Gasteiger charge is 1.99. The molecule has 0 aromatic heterocycles. The predicted molar refractivity (Wildman–Crippen MR) is 50.8 cm³/mol. The second-order valence-corrected chi connectivity index (χ2v) is 2.53. The van der Waals surface area contributed by atoms with Crippen LogP contribution in [0.1, 0.15) is 0 Å². The lowest BCUT2D eigenvalue weighted by Crippen LogP contribution is -2.34. The third-order valence-corrected chi connectivity index (χ3v) is 1.59. The standard InChI is InChI=1S/C9H12N2O3/c1-13-7-2-4-8(5-3-7)14-6-9(12)11-10/h2-5H,6,10H2,1H3,(H,11,12). The summed E-state index contributed by atoms with van der Waals surface area (Å²) in [5.74, 6) is 5.84. The molecule has 1 aromatic carbocycles. The van der Waals surface area contributed by atoms with Crippen LogP contribution in [0.3, 0.4) is 0 Å². The molecule has 0 bridgehead atoms. The van der Waals surface area contributed by atoms with Crippen LogP contribution in [0.25, 0.3) is 0 Å². The molecule has 0 aliphatic rings. The van der Waals surface area contributed by atoms with Gasteiger partial charge in [-0.05, 0) is 24.3 Å². The fourth-order valence-electron chi connectivity index (χ4n) is 0.862. The van der Waals surface area contributed by atoms with E-state index in [0.29, 0.717) is 5.75 Å². The van der Waals surface area contributed by atoms with E-state index in [9.17, 15) is 4.79 Å². The summed E-state index contributed by atoms with van der Waals surface area (Å²) in [6.07, 6.45) is 0. The normalized spacial score (nSPS) is 9.29. The summed E-state index contributed by atoms with van der Waals surface area (Å²) in [6.45, 7) is -0.0944. The molecule has 0 spiro atoms. The lowest BCUT2D eigenvalue weighted by Gasteiger charge is -2.05. The first kappa shape index (κ1) is 10.3. The molecule has 14 heavy (non-hydrogen) atoms. The molecule has 0 atom stereocenters. The van der Waals surface area contributed by atoms with Crippen LogP contribution >= 0.6 is 0 Å². The van der Waals surface area contributed by atoms with Crippen LogP contribution in [0.4, 0.5) is 0 Å². The third-order valence-electron chi connectivity index (χ3n) is 1.59. The van der Waals surface area contributed by atoms with E-state index in [1.165, 1.54) is 0 Å². The molecule has 0 fully saturated rings. The SMILES string of the molecule is COc1ccc(OCC(=O)NN)cc1. The Bertz CT molecular complexity index is 297. The van der Waals surface area contributed by atoms with Crippen LogP contribution in [0.15, 0.2) is 24.3 Å². The molecule has 0 aliphatic carbocycles. The zero-order valence-corrected chi connectivity index (χ0v) is 7.82. The van der Waals surface area contributed by atoms with Crippen LogP contribution in [-0.4, -0.2) is 19.6 Å². The zero-order valence-electron chi connectivity index (χ0n) is 7.82. The third kappa shape index (κ3) is 2.95. The number of benzene rings is 1. The van der Waals surface area contributed by atoms with Crippen molar-refractivity contribution in [2.45, 2.75) is 0 Å². The summed E-state index contributed by atoms with van der Waals surface area (Å²) in [5.41, 5.74) is 1.97. The van der Waals surface area contributed by atoms with Gasteiger partial charge >= 0.3 is 0 Å². The molecule has 5 nitrogen and oxygen atoms in total. The molecular formula is C9H12N2O3. The van der Waals surface area contributed by atoms with E-state index < -0.39 is 0 Å². The van der Waals surface area contributed by atoms with Gasteiger partial charge in [-0.25, -0.2) is 5.84 Å². The van der Waals surface area contributed by atoms with E-state index in [-0.39, 0.29) is 12.5 Å². The van der Waals surface area contributed by atoms with Crippen molar-refractivity contribution in [2.75, 3.05) is 13.7 Å².